The molecule has 0 spiro atoms. The summed E-state index contributed by atoms with van der Waals surface area (Å²) >= 11 is 0. The van der Waals surface area contributed by atoms with E-state index in [0.29, 0.717) is 11.1 Å². The molecule has 144 valence electrons. The van der Waals surface area contributed by atoms with Gasteiger partial charge in [-0.2, -0.15) is 5.26 Å². The van der Waals surface area contributed by atoms with Gasteiger partial charge in [0.2, 0.25) is 0 Å². The van der Waals surface area contributed by atoms with Gasteiger partial charge in [-0.3, -0.25) is 9.69 Å². The zero-order valence-corrected chi connectivity index (χ0v) is 17.0. The van der Waals surface area contributed by atoms with Crippen LogP contribution in [0.2, 0.25) is 0 Å². The Morgan fingerprint density at radius 2 is 2.04 bits per heavy atom. The van der Waals surface area contributed by atoms with Gasteiger partial charge in [0.25, 0.3) is 5.91 Å². The number of likely N-dealkylation sites (N-methyl/N-ethyl adjacent to an activating group) is 1. The van der Waals surface area contributed by atoms with E-state index in [9.17, 15) is 10.1 Å². The van der Waals surface area contributed by atoms with Crippen LogP contribution in [0.5, 0.6) is 0 Å². The van der Waals surface area contributed by atoms with E-state index >= 15 is 0 Å². The molecule has 0 aromatic heterocycles. The summed E-state index contributed by atoms with van der Waals surface area (Å²) in [6.07, 6.45) is 0.992. The number of nitrogens with one attached hydrogen (secondary N) is 1. The second-order valence-electron chi connectivity index (χ2n) is 7.92. The van der Waals surface area contributed by atoms with Gasteiger partial charge < -0.3 is 5.32 Å². The van der Waals surface area contributed by atoms with Crippen molar-refractivity contribution in [3.8, 4) is 6.07 Å². The Balaban J connectivity index is 1.88. The second kappa shape index (κ2) is 8.00. The average Bonchev–Trinajstić information content (AvgIpc) is 2.66. The summed E-state index contributed by atoms with van der Waals surface area (Å²) in [4.78, 5) is 15.1. The van der Waals surface area contributed by atoms with Crippen molar-refractivity contribution in [2.75, 3.05) is 18.9 Å². The van der Waals surface area contributed by atoms with Crippen molar-refractivity contribution < 1.29 is 4.79 Å². The molecule has 1 atom stereocenters. The maximum absolute atomic E-state index is 12.8. The van der Waals surface area contributed by atoms with Gasteiger partial charge in [-0.1, -0.05) is 38.1 Å². The normalized spacial score (nSPS) is 16.4. The quantitative estimate of drug-likeness (QED) is 0.764. The van der Waals surface area contributed by atoms with E-state index in [0.717, 1.165) is 29.8 Å². The molecule has 1 unspecified atom stereocenters. The van der Waals surface area contributed by atoms with Crippen LogP contribution in [0.25, 0.3) is 0 Å². The first-order valence-electron chi connectivity index (χ1n) is 9.65. The van der Waals surface area contributed by atoms with E-state index in [-0.39, 0.29) is 17.9 Å². The van der Waals surface area contributed by atoms with Crippen molar-refractivity contribution in [3.63, 3.8) is 0 Å². The molecule has 0 saturated carbocycles. The molecule has 28 heavy (non-hydrogen) atoms. The van der Waals surface area contributed by atoms with E-state index in [1.165, 1.54) is 11.1 Å². The third-order valence-corrected chi connectivity index (χ3v) is 5.40. The summed E-state index contributed by atoms with van der Waals surface area (Å²) < 4.78 is 0. The van der Waals surface area contributed by atoms with Gasteiger partial charge in [0.05, 0.1) is 17.7 Å². The second-order valence-corrected chi connectivity index (χ2v) is 7.92. The van der Waals surface area contributed by atoms with Crippen molar-refractivity contribution in [1.82, 2.24) is 4.90 Å². The zero-order chi connectivity index (χ0) is 20.4. The standard InChI is InChI=1S/C24H27N3O/c1-15(2)21-9-7-18(12-19(21)14-25)24(28)26-20-8-6-17-10-11-27(5)23(16(3)4)22(17)13-20/h6-9,12-13,15,23H,3,10-11H2,1-2,4-5H3,(H,26,28). The van der Waals surface area contributed by atoms with Gasteiger partial charge in [0, 0.05) is 17.8 Å². The largest absolute Gasteiger partial charge is 0.322 e. The highest BCUT2D eigenvalue weighted by Gasteiger charge is 2.25. The highest BCUT2D eigenvalue weighted by Crippen LogP contribution is 2.35. The Hall–Kier alpha value is -2.90. The summed E-state index contributed by atoms with van der Waals surface area (Å²) in [5.74, 6) is 0.0336. The molecule has 1 heterocycles. The molecular weight excluding hydrogens is 346 g/mol. The number of carbonyl (C=O) groups excluding carboxylic acids is 1. The lowest BCUT2D eigenvalue weighted by Gasteiger charge is -2.35. The minimum atomic E-state index is -0.206. The fourth-order valence-corrected chi connectivity index (χ4v) is 3.96. The lowest BCUT2D eigenvalue weighted by molar-refractivity contribution is 0.102. The molecule has 4 heteroatoms. The van der Waals surface area contributed by atoms with Gasteiger partial charge in [-0.15, -0.1) is 0 Å². The summed E-state index contributed by atoms with van der Waals surface area (Å²) in [7, 11) is 2.10. The van der Waals surface area contributed by atoms with E-state index < -0.39 is 0 Å². The smallest absolute Gasteiger partial charge is 0.255 e. The molecule has 3 rings (SSSR count). The van der Waals surface area contributed by atoms with Crippen molar-refractivity contribution in [2.24, 2.45) is 0 Å². The first kappa shape index (κ1) is 19.9. The fourth-order valence-electron chi connectivity index (χ4n) is 3.96. The van der Waals surface area contributed by atoms with Gasteiger partial charge in [0.15, 0.2) is 0 Å². The third kappa shape index (κ3) is 3.85. The molecular formula is C24H27N3O. The van der Waals surface area contributed by atoms with Gasteiger partial charge >= 0.3 is 0 Å². The first-order valence-corrected chi connectivity index (χ1v) is 9.65. The van der Waals surface area contributed by atoms with E-state index in [4.69, 9.17) is 0 Å². The summed E-state index contributed by atoms with van der Waals surface area (Å²) in [6, 6.07) is 13.8. The summed E-state index contributed by atoms with van der Waals surface area (Å²) in [5.41, 5.74) is 6.36. The predicted octanol–water partition coefficient (Wildman–Crippen LogP) is 5.04. The van der Waals surface area contributed by atoms with Crippen molar-refractivity contribution in [2.45, 2.75) is 39.2 Å². The average molecular weight is 374 g/mol. The molecule has 0 radical (unpaired) electrons. The number of carbonyl (C=O) groups is 1. The fraction of sp³-hybridized carbons (Fsp3) is 0.333. The SMILES string of the molecule is C=C(C)C1c2cc(NC(=O)c3ccc(C(C)C)c(C#N)c3)ccc2CCN1C. The first-order chi connectivity index (χ1) is 13.3. The molecule has 1 aliphatic rings. The summed E-state index contributed by atoms with van der Waals surface area (Å²) in [5, 5.41) is 12.4. The number of rotatable bonds is 4. The summed E-state index contributed by atoms with van der Waals surface area (Å²) in [6.45, 7) is 11.3. The van der Waals surface area contributed by atoms with Crippen LogP contribution in [0.4, 0.5) is 5.69 Å². The Morgan fingerprint density at radius 1 is 1.29 bits per heavy atom. The molecule has 0 fully saturated rings. The molecule has 1 aliphatic heterocycles. The zero-order valence-electron chi connectivity index (χ0n) is 17.0. The van der Waals surface area contributed by atoms with Crippen LogP contribution in [0, 0.1) is 11.3 Å². The van der Waals surface area contributed by atoms with Crippen LogP contribution in [-0.4, -0.2) is 24.4 Å². The number of hydrogen-bond acceptors (Lipinski definition) is 3. The molecule has 0 aliphatic carbocycles. The van der Waals surface area contributed by atoms with Gasteiger partial charge in [-0.05, 0) is 67.3 Å². The van der Waals surface area contributed by atoms with Crippen molar-refractivity contribution in [1.29, 1.82) is 5.26 Å². The topological polar surface area (TPSA) is 56.1 Å². The van der Waals surface area contributed by atoms with Crippen molar-refractivity contribution >= 4 is 11.6 Å². The Labute approximate surface area is 167 Å². The molecule has 2 aromatic rings. The lowest BCUT2D eigenvalue weighted by Crippen LogP contribution is -2.32. The van der Waals surface area contributed by atoms with Gasteiger partial charge in [-0.25, -0.2) is 0 Å². The minimum Gasteiger partial charge on any atom is -0.322 e. The predicted molar refractivity (Wildman–Crippen MR) is 114 cm³/mol. The van der Waals surface area contributed by atoms with Crippen LogP contribution in [0.1, 0.15) is 65.3 Å². The van der Waals surface area contributed by atoms with E-state index in [1.807, 2.05) is 32.9 Å². The van der Waals surface area contributed by atoms with Crippen LogP contribution >= 0.6 is 0 Å². The Kier molecular flexibility index (Phi) is 5.67. The lowest BCUT2D eigenvalue weighted by atomic mass is 9.89. The third-order valence-electron chi connectivity index (χ3n) is 5.40. The Bertz CT molecular complexity index is 968. The number of anilines is 1. The van der Waals surface area contributed by atoms with Crippen LogP contribution in [0.3, 0.4) is 0 Å². The Morgan fingerprint density at radius 3 is 2.68 bits per heavy atom. The van der Waals surface area contributed by atoms with Crippen LogP contribution < -0.4 is 5.32 Å². The number of hydrogen-bond donors (Lipinski definition) is 1. The van der Waals surface area contributed by atoms with Crippen molar-refractivity contribution in [3.05, 3.63) is 76.4 Å². The highest BCUT2D eigenvalue weighted by molar-refractivity contribution is 6.04. The number of nitrogens with zero attached hydrogens (tertiary/aromatic N) is 2. The maximum Gasteiger partial charge on any atom is 0.255 e. The molecule has 2 aromatic carbocycles. The monoisotopic (exact) mass is 373 g/mol. The number of nitriles is 1. The minimum absolute atomic E-state index is 0.163. The molecule has 0 saturated heterocycles. The molecule has 1 N–H and O–H groups in total. The van der Waals surface area contributed by atoms with Gasteiger partial charge in [0.1, 0.15) is 0 Å². The van der Waals surface area contributed by atoms with Crippen LogP contribution in [0.15, 0.2) is 48.6 Å². The number of benzene rings is 2. The highest BCUT2D eigenvalue weighted by atomic mass is 16.1. The maximum atomic E-state index is 12.8. The molecule has 1 amide bonds. The van der Waals surface area contributed by atoms with E-state index in [1.54, 1.807) is 12.1 Å². The molecule has 4 nitrogen and oxygen atoms in total. The molecule has 0 bridgehead atoms. The number of fused-ring (bicyclic) bond motifs is 1. The van der Waals surface area contributed by atoms with E-state index in [2.05, 4.69) is 42.0 Å². The van der Waals surface area contributed by atoms with Crippen LogP contribution in [-0.2, 0) is 6.42 Å². The number of amides is 1.